The highest BCUT2D eigenvalue weighted by Crippen LogP contribution is 2.49. The van der Waals surface area contributed by atoms with E-state index >= 15 is 0 Å². The molecule has 0 aliphatic heterocycles. The lowest BCUT2D eigenvalue weighted by Crippen LogP contribution is -2.34. The lowest BCUT2D eigenvalue weighted by atomic mass is 10.2. The van der Waals surface area contributed by atoms with E-state index in [1.165, 1.54) is 6.92 Å². The van der Waals surface area contributed by atoms with E-state index < -0.39 is 18.9 Å². The fraction of sp³-hybridized carbons (Fsp3) is 0.462. The lowest BCUT2D eigenvalue weighted by molar-refractivity contribution is -0.149. The summed E-state index contributed by atoms with van der Waals surface area (Å²) in [7, 11) is 0. The molecule has 0 fully saturated rings. The average Bonchev–Trinajstić information content (AvgIpc) is 2.36. The SMILES string of the molecule is CC(C)OC(=O)[C@H](C)NP(=O)(Cl)OCc1ccccc1. The monoisotopic (exact) mass is 319 g/mol. The quantitative estimate of drug-likeness (QED) is 0.615. The molecule has 0 bridgehead atoms. The van der Waals surface area contributed by atoms with Gasteiger partial charge in [0, 0.05) is 0 Å². The molecule has 0 aromatic heterocycles. The summed E-state index contributed by atoms with van der Waals surface area (Å²) in [5.41, 5.74) is 0.840. The summed E-state index contributed by atoms with van der Waals surface area (Å²) in [6.45, 7) is 1.49. The molecule has 0 saturated heterocycles. The van der Waals surface area contributed by atoms with Crippen LogP contribution in [0.5, 0.6) is 0 Å². The van der Waals surface area contributed by atoms with Crippen LogP contribution >= 0.6 is 18.1 Å². The molecule has 1 unspecified atom stereocenters. The van der Waals surface area contributed by atoms with Crippen molar-refractivity contribution in [1.82, 2.24) is 5.09 Å². The highest BCUT2D eigenvalue weighted by Gasteiger charge is 2.27. The molecule has 1 aromatic carbocycles. The van der Waals surface area contributed by atoms with Crippen LogP contribution in [-0.4, -0.2) is 18.1 Å². The van der Waals surface area contributed by atoms with Gasteiger partial charge in [-0.3, -0.25) is 9.36 Å². The zero-order valence-electron chi connectivity index (χ0n) is 11.7. The number of ether oxygens (including phenoxy) is 1. The van der Waals surface area contributed by atoms with E-state index in [1.807, 2.05) is 30.3 Å². The molecule has 0 radical (unpaired) electrons. The number of carbonyl (C=O) groups is 1. The second-order valence-electron chi connectivity index (χ2n) is 4.58. The summed E-state index contributed by atoms with van der Waals surface area (Å²) < 4.78 is 22.1. The van der Waals surface area contributed by atoms with Crippen molar-refractivity contribution < 1.29 is 18.6 Å². The zero-order valence-corrected chi connectivity index (χ0v) is 13.4. The average molecular weight is 320 g/mol. The van der Waals surface area contributed by atoms with Gasteiger partial charge in [0.2, 0.25) is 0 Å². The Hall–Kier alpha value is -0.870. The van der Waals surface area contributed by atoms with E-state index in [-0.39, 0.29) is 12.7 Å². The number of hydrogen-bond acceptors (Lipinski definition) is 4. The maximum Gasteiger partial charge on any atom is 0.361 e. The number of nitrogens with one attached hydrogen (secondary N) is 1. The maximum atomic E-state index is 12.0. The van der Waals surface area contributed by atoms with Crippen LogP contribution in [0.1, 0.15) is 26.3 Å². The predicted molar refractivity (Wildman–Crippen MR) is 78.5 cm³/mol. The summed E-state index contributed by atoms with van der Waals surface area (Å²) >= 11 is 5.78. The summed E-state index contributed by atoms with van der Waals surface area (Å²) in [6, 6.07) is 8.39. The van der Waals surface area contributed by atoms with Crippen molar-refractivity contribution in [3.8, 4) is 0 Å². The number of halogens is 1. The summed E-state index contributed by atoms with van der Waals surface area (Å²) in [4.78, 5) is 11.6. The molecule has 0 amide bonds. The summed E-state index contributed by atoms with van der Waals surface area (Å²) in [5.74, 6) is -0.524. The van der Waals surface area contributed by atoms with E-state index in [9.17, 15) is 9.36 Å². The Morgan fingerprint density at radius 2 is 1.90 bits per heavy atom. The second kappa shape index (κ2) is 7.79. The standard InChI is InChI=1S/C13H19ClNO4P/c1-10(2)19-13(16)11(3)15-20(14,17)18-9-12-7-5-4-6-8-12/h4-8,10-11H,9H2,1-3H3,(H,15,17)/t11-,20?/m0/s1. The summed E-state index contributed by atoms with van der Waals surface area (Å²) in [5, 5.41) is 2.46. The third-order valence-corrected chi connectivity index (χ3v) is 4.04. The molecule has 7 heteroatoms. The minimum Gasteiger partial charge on any atom is -0.462 e. The third kappa shape index (κ3) is 6.53. The van der Waals surface area contributed by atoms with Crippen molar-refractivity contribution in [2.24, 2.45) is 0 Å². The van der Waals surface area contributed by atoms with E-state index in [0.29, 0.717) is 0 Å². The van der Waals surface area contributed by atoms with Crippen molar-refractivity contribution in [1.29, 1.82) is 0 Å². The van der Waals surface area contributed by atoms with Gasteiger partial charge in [-0.15, -0.1) is 0 Å². The van der Waals surface area contributed by atoms with Crippen LogP contribution in [0.25, 0.3) is 0 Å². The molecular formula is C13H19ClNO4P. The van der Waals surface area contributed by atoms with Gasteiger partial charge in [-0.2, -0.15) is 0 Å². The van der Waals surface area contributed by atoms with Gasteiger partial charge in [-0.25, -0.2) is 5.09 Å². The van der Waals surface area contributed by atoms with Gasteiger partial charge in [-0.1, -0.05) is 30.3 Å². The Kier molecular flexibility index (Phi) is 6.69. The first-order valence-electron chi connectivity index (χ1n) is 6.26. The Morgan fingerprint density at radius 3 is 2.45 bits per heavy atom. The Balaban J connectivity index is 2.48. The van der Waals surface area contributed by atoms with Crippen molar-refractivity contribution >= 4 is 24.1 Å². The molecule has 0 spiro atoms. The molecular weight excluding hydrogens is 301 g/mol. The molecule has 20 heavy (non-hydrogen) atoms. The normalized spacial score (nSPS) is 15.7. The van der Waals surface area contributed by atoms with Crippen LogP contribution in [0.15, 0.2) is 30.3 Å². The van der Waals surface area contributed by atoms with Crippen molar-refractivity contribution in [3.05, 3.63) is 35.9 Å². The van der Waals surface area contributed by atoms with Crippen LogP contribution in [-0.2, 0) is 25.2 Å². The van der Waals surface area contributed by atoms with Gasteiger partial charge < -0.3 is 9.26 Å². The topological polar surface area (TPSA) is 64.6 Å². The molecule has 0 saturated carbocycles. The Morgan fingerprint density at radius 1 is 1.30 bits per heavy atom. The fourth-order valence-electron chi connectivity index (χ4n) is 1.39. The number of esters is 1. The van der Waals surface area contributed by atoms with Crippen molar-refractivity contribution in [2.45, 2.75) is 39.5 Å². The van der Waals surface area contributed by atoms with E-state index in [1.54, 1.807) is 13.8 Å². The van der Waals surface area contributed by atoms with Gasteiger partial charge >= 0.3 is 12.8 Å². The van der Waals surface area contributed by atoms with Crippen molar-refractivity contribution in [2.75, 3.05) is 0 Å². The molecule has 2 atom stereocenters. The largest absolute Gasteiger partial charge is 0.462 e. The van der Waals surface area contributed by atoms with Gasteiger partial charge in [0.1, 0.15) is 6.04 Å². The number of rotatable bonds is 7. The molecule has 1 rings (SSSR count). The van der Waals surface area contributed by atoms with E-state index in [2.05, 4.69) is 5.09 Å². The highest BCUT2D eigenvalue weighted by molar-refractivity contribution is 7.83. The van der Waals surface area contributed by atoms with Crippen LogP contribution in [0, 0.1) is 0 Å². The van der Waals surface area contributed by atoms with E-state index in [4.69, 9.17) is 20.5 Å². The molecule has 1 aromatic rings. The Labute approximate surface area is 123 Å². The number of hydrogen-bond donors (Lipinski definition) is 1. The van der Waals surface area contributed by atoms with Gasteiger partial charge in [0.25, 0.3) is 0 Å². The van der Waals surface area contributed by atoms with Crippen LogP contribution in [0.4, 0.5) is 0 Å². The van der Waals surface area contributed by atoms with Crippen LogP contribution in [0.2, 0.25) is 0 Å². The van der Waals surface area contributed by atoms with Gasteiger partial charge in [0.05, 0.1) is 12.7 Å². The Bertz CT molecular complexity index is 481. The smallest absolute Gasteiger partial charge is 0.361 e. The molecule has 0 aliphatic rings. The molecule has 0 heterocycles. The number of benzene rings is 1. The number of carbonyl (C=O) groups excluding carboxylic acids is 1. The van der Waals surface area contributed by atoms with Crippen LogP contribution in [0.3, 0.4) is 0 Å². The fourth-order valence-corrected chi connectivity index (χ4v) is 2.93. The first-order valence-corrected chi connectivity index (χ1v) is 8.79. The third-order valence-electron chi connectivity index (χ3n) is 2.29. The molecule has 5 nitrogen and oxygen atoms in total. The molecule has 112 valence electrons. The second-order valence-corrected chi connectivity index (χ2v) is 7.39. The zero-order chi connectivity index (χ0) is 15.2. The van der Waals surface area contributed by atoms with Crippen LogP contribution < -0.4 is 5.09 Å². The van der Waals surface area contributed by atoms with Gasteiger partial charge in [0.15, 0.2) is 0 Å². The lowest BCUT2D eigenvalue weighted by Gasteiger charge is -2.18. The maximum absolute atomic E-state index is 12.0. The minimum atomic E-state index is -3.59. The summed E-state index contributed by atoms with van der Waals surface area (Å²) in [6.07, 6.45) is -0.244. The van der Waals surface area contributed by atoms with Crippen molar-refractivity contribution in [3.63, 3.8) is 0 Å². The predicted octanol–water partition coefficient (Wildman–Crippen LogP) is 3.48. The van der Waals surface area contributed by atoms with E-state index in [0.717, 1.165) is 5.56 Å². The first-order chi connectivity index (χ1) is 9.30. The minimum absolute atomic E-state index is 0.0978. The van der Waals surface area contributed by atoms with Gasteiger partial charge in [-0.05, 0) is 37.6 Å². The molecule has 0 aliphatic carbocycles. The highest BCUT2D eigenvalue weighted by atomic mass is 35.7. The first kappa shape index (κ1) is 17.2. The molecule has 1 N–H and O–H groups in total.